The average Bonchev–Trinajstić information content (AvgIpc) is 1.99. The zero-order valence-electron chi connectivity index (χ0n) is 7.05. The Labute approximate surface area is 98.3 Å². The van der Waals surface area contributed by atoms with Gasteiger partial charge in [0.25, 0.3) is 0 Å². The van der Waals surface area contributed by atoms with Crippen molar-refractivity contribution in [2.24, 2.45) is 0 Å². The van der Waals surface area contributed by atoms with Crippen LogP contribution in [0.3, 0.4) is 0 Å². The minimum absolute atomic E-state index is 0.303. The highest BCUT2D eigenvalue weighted by Gasteiger charge is 2.32. The quantitative estimate of drug-likeness (QED) is 0.527. The van der Waals surface area contributed by atoms with E-state index in [0.717, 1.165) is 6.42 Å². The van der Waals surface area contributed by atoms with Crippen molar-refractivity contribution in [3.05, 3.63) is 0 Å². The van der Waals surface area contributed by atoms with Crippen LogP contribution in [0.1, 0.15) is 19.8 Å². The maximum Gasteiger partial charge on any atom is 0.237 e. The predicted molar refractivity (Wildman–Crippen MR) is 59.5 cm³/mol. The van der Waals surface area contributed by atoms with E-state index in [-0.39, 0.29) is 0 Å². The van der Waals surface area contributed by atoms with Crippen LogP contribution in [-0.2, 0) is 9.09 Å². The second kappa shape index (κ2) is 6.76. The van der Waals surface area contributed by atoms with Gasteiger partial charge in [-0.05, 0) is 6.42 Å². The van der Waals surface area contributed by atoms with E-state index in [4.69, 9.17) is 50.9 Å². The Morgan fingerprint density at radius 3 is 2.15 bits per heavy atom. The molecule has 0 saturated heterocycles. The SMILES string of the molecule is CCCCP(=O)(OC(Cl)Cl)C(Cl)Cl. The van der Waals surface area contributed by atoms with Gasteiger partial charge in [-0.3, -0.25) is 9.09 Å². The first-order valence-electron chi connectivity index (χ1n) is 3.76. The smallest absolute Gasteiger partial charge is 0.237 e. The van der Waals surface area contributed by atoms with E-state index in [1.807, 2.05) is 6.92 Å². The molecule has 0 aromatic heterocycles. The standard InChI is InChI=1S/C6H11Cl4O2P/c1-2-3-4-13(11,6(9)10)12-5(7)8/h5-6H,2-4H2,1H3. The molecule has 0 fully saturated rings. The summed E-state index contributed by atoms with van der Waals surface area (Å²) in [7, 11) is -3.10. The summed E-state index contributed by atoms with van der Waals surface area (Å²) in [4.78, 5) is 0. The Hall–Kier alpha value is 1.35. The molecule has 0 amide bonds. The van der Waals surface area contributed by atoms with Gasteiger partial charge in [-0.2, -0.15) is 0 Å². The Balaban J connectivity index is 4.26. The maximum absolute atomic E-state index is 11.8. The molecule has 0 aliphatic carbocycles. The monoisotopic (exact) mass is 286 g/mol. The first kappa shape index (κ1) is 14.3. The fourth-order valence-corrected chi connectivity index (χ4v) is 3.80. The highest BCUT2D eigenvalue weighted by Crippen LogP contribution is 2.57. The number of rotatable bonds is 6. The summed E-state index contributed by atoms with van der Waals surface area (Å²) in [6.45, 7) is 1.96. The van der Waals surface area contributed by atoms with Crippen molar-refractivity contribution < 1.29 is 9.09 Å². The van der Waals surface area contributed by atoms with Gasteiger partial charge in [-0.25, -0.2) is 0 Å². The molecule has 0 bridgehead atoms. The van der Waals surface area contributed by atoms with Crippen molar-refractivity contribution >= 4 is 53.8 Å². The second-order valence-corrected chi connectivity index (χ2v) is 7.79. The molecule has 0 aromatic rings. The van der Waals surface area contributed by atoms with E-state index in [2.05, 4.69) is 0 Å². The Morgan fingerprint density at radius 2 is 1.85 bits per heavy atom. The predicted octanol–water partition coefficient (Wildman–Crippen LogP) is 4.60. The number of alkyl halides is 4. The van der Waals surface area contributed by atoms with Gasteiger partial charge in [0, 0.05) is 6.16 Å². The van der Waals surface area contributed by atoms with Crippen LogP contribution < -0.4 is 0 Å². The van der Waals surface area contributed by atoms with Crippen molar-refractivity contribution in [1.29, 1.82) is 0 Å². The molecule has 0 N–H and O–H groups in total. The van der Waals surface area contributed by atoms with E-state index in [1.54, 1.807) is 0 Å². The summed E-state index contributed by atoms with van der Waals surface area (Å²) in [5.41, 5.74) is 0. The topological polar surface area (TPSA) is 26.3 Å². The summed E-state index contributed by atoms with van der Waals surface area (Å²) in [6, 6.07) is 0. The van der Waals surface area contributed by atoms with Gasteiger partial charge < -0.3 is 0 Å². The fraction of sp³-hybridized carbons (Fsp3) is 1.00. The van der Waals surface area contributed by atoms with E-state index < -0.39 is 17.0 Å². The highest BCUT2D eigenvalue weighted by atomic mass is 35.5. The van der Waals surface area contributed by atoms with Crippen molar-refractivity contribution in [3.8, 4) is 0 Å². The first-order chi connectivity index (χ1) is 5.92. The zero-order valence-corrected chi connectivity index (χ0v) is 11.0. The number of hydrogen-bond acceptors (Lipinski definition) is 2. The molecule has 0 spiro atoms. The largest absolute Gasteiger partial charge is 0.292 e. The van der Waals surface area contributed by atoms with Crippen molar-refractivity contribution in [3.63, 3.8) is 0 Å². The van der Waals surface area contributed by atoms with Crippen molar-refractivity contribution in [2.45, 2.75) is 29.4 Å². The highest BCUT2D eigenvalue weighted by molar-refractivity contribution is 7.63. The van der Waals surface area contributed by atoms with E-state index in [9.17, 15) is 4.57 Å². The van der Waals surface area contributed by atoms with Crippen LogP contribution in [0.4, 0.5) is 0 Å². The van der Waals surface area contributed by atoms with Crippen LogP contribution in [-0.4, -0.2) is 15.8 Å². The van der Waals surface area contributed by atoms with Crippen LogP contribution >= 0.6 is 53.8 Å². The molecule has 0 aliphatic heterocycles. The summed E-state index contributed by atoms with van der Waals surface area (Å²) >= 11 is 21.7. The van der Waals surface area contributed by atoms with E-state index in [1.165, 1.54) is 0 Å². The molecule has 0 aromatic carbocycles. The third-order valence-corrected chi connectivity index (χ3v) is 5.69. The minimum Gasteiger partial charge on any atom is -0.292 e. The Morgan fingerprint density at radius 1 is 1.31 bits per heavy atom. The van der Waals surface area contributed by atoms with Crippen molar-refractivity contribution in [1.82, 2.24) is 0 Å². The second-order valence-electron chi connectivity index (χ2n) is 2.45. The average molecular weight is 288 g/mol. The summed E-state index contributed by atoms with van der Waals surface area (Å²) < 4.78 is 15.6. The van der Waals surface area contributed by atoms with Crippen LogP contribution in [0.5, 0.6) is 0 Å². The molecular weight excluding hydrogens is 277 g/mol. The summed E-state index contributed by atoms with van der Waals surface area (Å²) in [6.07, 6.45) is 1.90. The van der Waals surface area contributed by atoms with Crippen LogP contribution in [0.15, 0.2) is 0 Å². The van der Waals surface area contributed by atoms with Gasteiger partial charge >= 0.3 is 0 Å². The van der Waals surface area contributed by atoms with Crippen LogP contribution in [0.2, 0.25) is 0 Å². The molecular formula is C6H11Cl4O2P. The minimum atomic E-state index is -3.10. The van der Waals surface area contributed by atoms with Crippen LogP contribution in [0, 0.1) is 0 Å². The van der Waals surface area contributed by atoms with E-state index in [0.29, 0.717) is 12.6 Å². The third kappa shape index (κ3) is 5.71. The lowest BCUT2D eigenvalue weighted by molar-refractivity contribution is 0.345. The van der Waals surface area contributed by atoms with Gasteiger partial charge in [0.05, 0.1) is 0 Å². The Bertz CT molecular complexity index is 185. The summed E-state index contributed by atoms with van der Waals surface area (Å²) in [5, 5.41) is -1.15. The zero-order chi connectivity index (χ0) is 10.5. The molecule has 7 heteroatoms. The number of unbranched alkanes of at least 4 members (excludes halogenated alkanes) is 1. The molecule has 1 unspecified atom stereocenters. The number of halogens is 4. The Kier molecular flexibility index (Phi) is 7.47. The van der Waals surface area contributed by atoms with Gasteiger partial charge in [-0.15, -0.1) is 0 Å². The lowest BCUT2D eigenvalue weighted by atomic mass is 10.4. The summed E-state index contributed by atoms with van der Waals surface area (Å²) in [5.74, 6) is 0. The first-order valence-corrected chi connectivity index (χ1v) is 7.38. The molecule has 13 heavy (non-hydrogen) atoms. The van der Waals surface area contributed by atoms with Crippen LogP contribution in [0.25, 0.3) is 0 Å². The molecule has 0 radical (unpaired) electrons. The molecule has 0 aliphatic rings. The van der Waals surface area contributed by atoms with Gasteiger partial charge in [-0.1, -0.05) is 59.7 Å². The van der Waals surface area contributed by atoms with E-state index >= 15 is 0 Å². The number of hydrogen-bond donors (Lipinski definition) is 0. The molecule has 0 saturated carbocycles. The van der Waals surface area contributed by atoms with Crippen molar-refractivity contribution in [2.75, 3.05) is 6.16 Å². The maximum atomic E-state index is 11.8. The molecule has 1 atom stereocenters. The van der Waals surface area contributed by atoms with Gasteiger partial charge in [0.2, 0.25) is 12.4 Å². The lowest BCUT2D eigenvalue weighted by Crippen LogP contribution is -2.04. The fourth-order valence-electron chi connectivity index (χ4n) is 0.710. The third-order valence-electron chi connectivity index (χ3n) is 1.38. The molecule has 80 valence electrons. The van der Waals surface area contributed by atoms with Gasteiger partial charge in [0.15, 0.2) is 4.58 Å². The normalized spacial score (nSPS) is 16.5. The molecule has 0 rings (SSSR count). The molecule has 0 heterocycles. The lowest BCUT2D eigenvalue weighted by Gasteiger charge is -2.19. The van der Waals surface area contributed by atoms with Gasteiger partial charge in [0.1, 0.15) is 0 Å². The molecule has 2 nitrogen and oxygen atoms in total.